The van der Waals surface area contributed by atoms with Gasteiger partial charge in [-0.25, -0.2) is 5.01 Å². The number of hydrazone groups is 1. The van der Waals surface area contributed by atoms with Crippen LogP contribution in [0, 0.1) is 0 Å². The predicted molar refractivity (Wildman–Crippen MR) is 68.3 cm³/mol. The second-order valence-electron chi connectivity index (χ2n) is 3.67. The molecule has 1 atom stereocenters. The number of nitrogens with zero attached hydrogens (tertiary/aromatic N) is 3. The van der Waals surface area contributed by atoms with Gasteiger partial charge in [0.05, 0.1) is 5.69 Å². The van der Waals surface area contributed by atoms with Gasteiger partial charge in [0.2, 0.25) is 11.8 Å². The van der Waals surface area contributed by atoms with Crippen molar-refractivity contribution < 1.29 is 9.59 Å². The minimum Gasteiger partial charge on any atom is -0.304 e. The van der Waals surface area contributed by atoms with E-state index in [-0.39, 0.29) is 17.2 Å². The largest absolute Gasteiger partial charge is 0.304 e. The van der Waals surface area contributed by atoms with Crippen LogP contribution < -0.4 is 5.32 Å². The Bertz CT molecular complexity index is 503. The van der Waals surface area contributed by atoms with Gasteiger partial charge in [-0.15, -0.1) is 5.10 Å². The number of rotatable bonds is 1. The van der Waals surface area contributed by atoms with Gasteiger partial charge in [0.15, 0.2) is 10.5 Å². The Morgan fingerprint density at radius 3 is 2.72 bits per heavy atom. The first-order chi connectivity index (χ1) is 8.58. The van der Waals surface area contributed by atoms with Crippen LogP contribution in [0.2, 0.25) is 0 Å². The number of thioether (sulfide) groups is 1. The highest BCUT2D eigenvalue weighted by atomic mass is 32.2. The fourth-order valence-corrected chi connectivity index (χ4v) is 2.58. The molecular formula is C11H12N4O2S. The highest BCUT2D eigenvalue weighted by molar-refractivity contribution is 8.14. The molecule has 2 amide bonds. The average molecular weight is 264 g/mol. The van der Waals surface area contributed by atoms with Crippen molar-refractivity contribution in [2.45, 2.75) is 19.2 Å². The van der Waals surface area contributed by atoms with E-state index in [2.05, 4.69) is 15.4 Å². The molecule has 2 rings (SSSR count). The van der Waals surface area contributed by atoms with Gasteiger partial charge < -0.3 is 5.32 Å². The molecule has 0 saturated heterocycles. The van der Waals surface area contributed by atoms with E-state index in [0.29, 0.717) is 5.17 Å². The number of amidine groups is 1. The van der Waals surface area contributed by atoms with Gasteiger partial charge in [-0.05, 0) is 12.1 Å². The van der Waals surface area contributed by atoms with Crippen molar-refractivity contribution >= 4 is 28.7 Å². The number of hydrogen-bond donors (Lipinski definition) is 1. The van der Waals surface area contributed by atoms with Crippen LogP contribution in [0.1, 0.15) is 24.9 Å². The van der Waals surface area contributed by atoms with Gasteiger partial charge in [0, 0.05) is 20.0 Å². The summed E-state index contributed by atoms with van der Waals surface area (Å²) in [6.07, 6.45) is 1.66. The molecule has 1 aliphatic rings. The lowest BCUT2D eigenvalue weighted by molar-refractivity contribution is -0.129. The van der Waals surface area contributed by atoms with E-state index >= 15 is 0 Å². The number of hydrogen-bond acceptors (Lipinski definition) is 5. The molecule has 0 saturated carbocycles. The summed E-state index contributed by atoms with van der Waals surface area (Å²) in [7, 11) is 0. The third kappa shape index (κ3) is 2.67. The zero-order valence-corrected chi connectivity index (χ0v) is 10.8. The molecule has 7 heteroatoms. The Labute approximate surface area is 108 Å². The number of carbonyl (C=O) groups is 2. The molecule has 0 unspecified atom stereocenters. The Balaban J connectivity index is 2.23. The Kier molecular flexibility index (Phi) is 3.61. The Morgan fingerprint density at radius 1 is 1.39 bits per heavy atom. The molecule has 18 heavy (non-hydrogen) atoms. The van der Waals surface area contributed by atoms with E-state index in [1.807, 2.05) is 12.1 Å². The molecule has 0 bridgehead atoms. The highest BCUT2D eigenvalue weighted by Gasteiger charge is 2.32. The molecule has 94 valence electrons. The molecule has 0 aliphatic carbocycles. The summed E-state index contributed by atoms with van der Waals surface area (Å²) in [5.41, 5.74) is 0.724. The zero-order valence-electron chi connectivity index (χ0n) is 9.95. The maximum absolute atomic E-state index is 11.5. The Hall–Kier alpha value is -1.89. The molecule has 6 nitrogen and oxygen atoms in total. The lowest BCUT2D eigenvalue weighted by atomic mass is 10.3. The maximum Gasteiger partial charge on any atom is 0.241 e. The van der Waals surface area contributed by atoms with Crippen molar-refractivity contribution in [2.75, 3.05) is 0 Å². The minimum absolute atomic E-state index is 0.196. The number of nitrogens with one attached hydrogen (secondary N) is 1. The van der Waals surface area contributed by atoms with Crippen molar-refractivity contribution in [3.63, 3.8) is 0 Å². The standard InChI is InChI=1S/C11H12N4O2S/c1-7(16)13-11-14-15(8(2)17)10(18-11)9-5-3-4-6-12-9/h3-6,10H,1-2H3,(H,13,14,16)/t10-/m1/s1. The van der Waals surface area contributed by atoms with Gasteiger partial charge in [-0.2, -0.15) is 0 Å². The third-order valence-corrected chi connectivity index (χ3v) is 3.26. The molecule has 2 heterocycles. The lowest BCUT2D eigenvalue weighted by Gasteiger charge is -2.17. The molecule has 0 aromatic carbocycles. The van der Waals surface area contributed by atoms with Crippen LogP contribution >= 0.6 is 11.8 Å². The third-order valence-electron chi connectivity index (χ3n) is 2.19. The van der Waals surface area contributed by atoms with Crippen molar-refractivity contribution in [1.29, 1.82) is 0 Å². The summed E-state index contributed by atoms with van der Waals surface area (Å²) >= 11 is 1.29. The first-order valence-corrected chi connectivity index (χ1v) is 6.19. The fraction of sp³-hybridized carbons (Fsp3) is 0.273. The van der Waals surface area contributed by atoms with Crippen LogP contribution in [0.25, 0.3) is 0 Å². The number of carbonyl (C=O) groups excluding carboxylic acids is 2. The van der Waals surface area contributed by atoms with E-state index < -0.39 is 0 Å². The highest BCUT2D eigenvalue weighted by Crippen LogP contribution is 2.37. The first-order valence-electron chi connectivity index (χ1n) is 5.31. The number of amides is 2. The quantitative estimate of drug-likeness (QED) is 0.823. The van der Waals surface area contributed by atoms with E-state index in [1.165, 1.54) is 30.6 Å². The number of aromatic nitrogens is 1. The number of pyridine rings is 1. The van der Waals surface area contributed by atoms with Crippen molar-refractivity contribution in [3.05, 3.63) is 30.1 Å². The summed E-state index contributed by atoms with van der Waals surface area (Å²) in [6.45, 7) is 2.83. The van der Waals surface area contributed by atoms with Gasteiger partial charge in [0.25, 0.3) is 0 Å². The van der Waals surface area contributed by atoms with E-state index in [1.54, 1.807) is 12.3 Å². The normalized spacial score (nSPS) is 18.4. The molecule has 1 N–H and O–H groups in total. The summed E-state index contributed by atoms with van der Waals surface area (Å²) in [4.78, 5) is 26.7. The van der Waals surface area contributed by atoms with Crippen LogP contribution in [-0.2, 0) is 9.59 Å². The molecule has 1 aromatic heterocycles. The monoisotopic (exact) mass is 264 g/mol. The maximum atomic E-state index is 11.5. The van der Waals surface area contributed by atoms with Crippen molar-refractivity contribution in [1.82, 2.24) is 15.3 Å². The topological polar surface area (TPSA) is 74.7 Å². The molecule has 0 fully saturated rings. The fourth-order valence-electron chi connectivity index (χ4n) is 1.48. The van der Waals surface area contributed by atoms with Gasteiger partial charge in [-0.3, -0.25) is 14.6 Å². The van der Waals surface area contributed by atoms with E-state index in [4.69, 9.17) is 0 Å². The minimum atomic E-state index is -0.328. The van der Waals surface area contributed by atoms with Gasteiger partial charge >= 0.3 is 0 Å². The molecule has 1 aliphatic heterocycles. The molecule has 0 radical (unpaired) electrons. The van der Waals surface area contributed by atoms with Crippen LogP contribution in [-0.4, -0.2) is 27.0 Å². The second kappa shape index (κ2) is 5.18. The molecule has 0 spiro atoms. The lowest BCUT2D eigenvalue weighted by Crippen LogP contribution is -2.25. The van der Waals surface area contributed by atoms with Crippen LogP contribution in [0.15, 0.2) is 29.5 Å². The zero-order chi connectivity index (χ0) is 13.1. The van der Waals surface area contributed by atoms with Crippen LogP contribution in [0.5, 0.6) is 0 Å². The predicted octanol–water partition coefficient (Wildman–Crippen LogP) is 1.08. The SMILES string of the molecule is CC(=O)NC1=NN(C(C)=O)[C@@H](c2ccccn2)S1. The second-order valence-corrected chi connectivity index (χ2v) is 4.74. The van der Waals surface area contributed by atoms with E-state index in [9.17, 15) is 9.59 Å². The summed E-state index contributed by atoms with van der Waals surface area (Å²) in [6, 6.07) is 5.47. The van der Waals surface area contributed by atoms with Crippen molar-refractivity contribution in [2.24, 2.45) is 5.10 Å². The average Bonchev–Trinajstić information content (AvgIpc) is 2.73. The van der Waals surface area contributed by atoms with Gasteiger partial charge in [-0.1, -0.05) is 17.8 Å². The van der Waals surface area contributed by atoms with Crippen molar-refractivity contribution in [3.8, 4) is 0 Å². The smallest absolute Gasteiger partial charge is 0.241 e. The summed E-state index contributed by atoms with van der Waals surface area (Å²) < 4.78 is 0. The molecule has 1 aromatic rings. The summed E-state index contributed by atoms with van der Waals surface area (Å²) in [5, 5.41) is 8.06. The van der Waals surface area contributed by atoms with Crippen LogP contribution in [0.3, 0.4) is 0 Å². The molecular weight excluding hydrogens is 252 g/mol. The first kappa shape index (κ1) is 12.6. The van der Waals surface area contributed by atoms with Crippen LogP contribution in [0.4, 0.5) is 0 Å². The Morgan fingerprint density at radius 2 is 2.17 bits per heavy atom. The summed E-state index contributed by atoms with van der Waals surface area (Å²) in [5.74, 6) is -0.412. The van der Waals surface area contributed by atoms with E-state index in [0.717, 1.165) is 5.69 Å². The van der Waals surface area contributed by atoms with Gasteiger partial charge in [0.1, 0.15) is 0 Å².